The van der Waals surface area contributed by atoms with Crippen LogP contribution in [0.15, 0.2) is 11.6 Å². The standard InChI is InChI=1S/C48H76O17/c1-22-29(51)31(53)33(55)40(60-22)63-36-35(57)37(64-41-34(56)32(54)30(52)25(20-49)61-41)42(65-38(36)39(58)59)62-28-12-13-45(6)26(44(28,4)5)11-14-47(8)27(45)10-9-23-24-19-43(2,3)15-17-48(24,21-50)18-16-46(23,47)7/h9,21-22,24-38,40-42,49,51-57H,10-20H2,1-8H3,(H,58,59)/t22-,24-,25+,26?,27?,28-,29-,30-,31+,32-,33+,34+,35-,36-,37+,38-,40-,41-,42+,45-,46+,47+,48+/m0/s1. The van der Waals surface area contributed by atoms with Gasteiger partial charge in [0.15, 0.2) is 25.0 Å². The lowest BCUT2D eigenvalue weighted by atomic mass is 9.33. The van der Waals surface area contributed by atoms with Crippen LogP contribution in [-0.4, -0.2) is 163 Å². The summed E-state index contributed by atoms with van der Waals surface area (Å²) in [7, 11) is 0. The Morgan fingerprint density at radius 3 is 1.98 bits per heavy atom. The maximum atomic E-state index is 13.0. The molecule has 5 aliphatic carbocycles. The number of carbonyl (C=O) groups excluding carboxylic acids is 1. The fourth-order valence-corrected chi connectivity index (χ4v) is 14.9. The monoisotopic (exact) mass is 925 g/mol. The molecule has 3 heterocycles. The molecule has 0 spiro atoms. The predicted octanol–water partition coefficient (Wildman–Crippen LogP) is 1.94. The Morgan fingerprint density at radius 1 is 0.708 bits per heavy atom. The van der Waals surface area contributed by atoms with Crippen molar-refractivity contribution in [1.29, 1.82) is 0 Å². The van der Waals surface area contributed by atoms with Crippen molar-refractivity contribution in [2.24, 2.45) is 50.2 Å². The van der Waals surface area contributed by atoms with Crippen molar-refractivity contribution in [1.82, 2.24) is 0 Å². The average Bonchev–Trinajstić information content (AvgIpc) is 3.24. The molecular weight excluding hydrogens is 849 g/mol. The summed E-state index contributed by atoms with van der Waals surface area (Å²) < 4.78 is 36.3. The minimum absolute atomic E-state index is 0.0328. The molecule has 0 aromatic carbocycles. The third-order valence-corrected chi connectivity index (χ3v) is 19.2. The van der Waals surface area contributed by atoms with E-state index in [4.69, 9.17) is 28.4 Å². The number of hydrogen-bond donors (Lipinski definition) is 9. The third kappa shape index (κ3) is 7.82. The number of rotatable bonds is 9. The number of hydrogen-bond acceptors (Lipinski definition) is 16. The number of fused-ring (bicyclic) bond motifs is 7. The van der Waals surface area contributed by atoms with E-state index in [1.165, 1.54) is 18.8 Å². The van der Waals surface area contributed by atoms with Crippen molar-refractivity contribution in [2.45, 2.75) is 218 Å². The van der Waals surface area contributed by atoms with Gasteiger partial charge >= 0.3 is 5.97 Å². The van der Waals surface area contributed by atoms with Crippen molar-refractivity contribution in [2.75, 3.05) is 6.61 Å². The zero-order chi connectivity index (χ0) is 47.6. The molecule has 4 saturated carbocycles. The molecule has 3 aliphatic heterocycles. The lowest BCUT2D eigenvalue weighted by molar-refractivity contribution is -0.390. The number of carboxylic acid groups (broad SMARTS) is 1. The lowest BCUT2D eigenvalue weighted by Gasteiger charge is -2.71. The van der Waals surface area contributed by atoms with Gasteiger partial charge in [0, 0.05) is 5.41 Å². The second-order valence-electron chi connectivity index (χ2n) is 23.4. The van der Waals surface area contributed by atoms with E-state index in [1.807, 2.05) is 0 Å². The number of aldehydes is 1. The van der Waals surface area contributed by atoms with Crippen LogP contribution < -0.4 is 0 Å². The molecule has 2 unspecified atom stereocenters. The quantitative estimate of drug-likeness (QED) is 0.0909. The Hall–Kier alpha value is -1.68. The van der Waals surface area contributed by atoms with E-state index >= 15 is 0 Å². The molecule has 0 aromatic rings. The topological polar surface area (TPSA) is 272 Å². The Morgan fingerprint density at radius 2 is 1.34 bits per heavy atom. The molecule has 0 radical (unpaired) electrons. The highest BCUT2D eigenvalue weighted by atomic mass is 16.8. The molecule has 370 valence electrons. The molecule has 8 aliphatic rings. The Labute approximate surface area is 381 Å². The minimum atomic E-state index is -1.98. The molecule has 0 aromatic heterocycles. The number of allylic oxidation sites excluding steroid dienone is 2. The molecule has 23 atom stereocenters. The number of aliphatic hydroxyl groups excluding tert-OH is 8. The van der Waals surface area contributed by atoms with E-state index in [9.17, 15) is 55.5 Å². The number of ether oxygens (including phenoxy) is 6. The van der Waals surface area contributed by atoms with Crippen molar-refractivity contribution in [3.63, 3.8) is 0 Å². The van der Waals surface area contributed by atoms with E-state index in [-0.39, 0.29) is 38.9 Å². The van der Waals surface area contributed by atoms with Crippen LogP contribution in [0.25, 0.3) is 0 Å². The summed E-state index contributed by atoms with van der Waals surface area (Å²) in [6.07, 6.45) is -13.6. The third-order valence-electron chi connectivity index (χ3n) is 19.2. The van der Waals surface area contributed by atoms with Gasteiger partial charge in [-0.05, 0) is 116 Å². The van der Waals surface area contributed by atoms with Crippen molar-refractivity contribution >= 4 is 12.3 Å². The van der Waals surface area contributed by atoms with Crippen LogP contribution >= 0.6 is 0 Å². The molecular formula is C48H76O17. The Balaban J connectivity index is 1.08. The SMILES string of the molecule is C[C@@H]1O[C@@H](O[C@H]2[C@H](O)[C@@H](O[C@@H]3O[C@H](CO)[C@H](O)[C@H](O)[C@H]3O)[C@H](O[C@H]3CC[C@@]4(C)C(CC[C@]5(C)C4CC=C4[C@@H]6CC(C)(C)CC[C@]6(C=O)CC[C@]45C)C3(C)C)O[C@@H]2C(=O)O)[C@H](O)[C@H](O)[C@H]1O. The normalized spacial score (nSPS) is 53.9. The molecule has 9 N–H and O–H groups in total. The van der Waals surface area contributed by atoms with Gasteiger partial charge in [-0.25, -0.2) is 4.79 Å². The fourth-order valence-electron chi connectivity index (χ4n) is 14.9. The lowest BCUT2D eigenvalue weighted by Crippen LogP contribution is -2.68. The average molecular weight is 925 g/mol. The number of carboxylic acids is 1. The van der Waals surface area contributed by atoms with Gasteiger partial charge in [0.05, 0.1) is 18.8 Å². The number of aliphatic hydroxyl groups is 8. The van der Waals surface area contributed by atoms with E-state index in [2.05, 4.69) is 54.5 Å². The molecule has 8 rings (SSSR count). The first kappa shape index (κ1) is 49.7. The van der Waals surface area contributed by atoms with Gasteiger partial charge in [0.1, 0.15) is 67.3 Å². The van der Waals surface area contributed by atoms with Gasteiger partial charge in [-0.1, -0.05) is 60.1 Å². The van der Waals surface area contributed by atoms with E-state index in [0.29, 0.717) is 12.3 Å². The van der Waals surface area contributed by atoms with Crippen LogP contribution in [0.5, 0.6) is 0 Å². The predicted molar refractivity (Wildman–Crippen MR) is 228 cm³/mol. The first-order valence-corrected chi connectivity index (χ1v) is 24.0. The second kappa shape index (κ2) is 17.3. The van der Waals surface area contributed by atoms with Crippen molar-refractivity contribution < 1.29 is 84.0 Å². The summed E-state index contributed by atoms with van der Waals surface area (Å²) >= 11 is 0. The van der Waals surface area contributed by atoms with Gasteiger partial charge in [0.25, 0.3) is 0 Å². The summed E-state index contributed by atoms with van der Waals surface area (Å²) in [6.45, 7) is 17.0. The van der Waals surface area contributed by atoms with Gasteiger partial charge < -0.3 is 79.2 Å². The fraction of sp³-hybridized carbons (Fsp3) is 0.917. The molecule has 65 heavy (non-hydrogen) atoms. The first-order valence-electron chi connectivity index (χ1n) is 24.0. The zero-order valence-electron chi connectivity index (χ0n) is 39.2. The molecule has 0 bridgehead atoms. The van der Waals surface area contributed by atoms with Crippen LogP contribution in [0.1, 0.15) is 120 Å². The highest BCUT2D eigenvalue weighted by molar-refractivity contribution is 5.73. The summed E-state index contributed by atoms with van der Waals surface area (Å²) in [6, 6.07) is 0. The first-order chi connectivity index (χ1) is 30.3. The smallest absolute Gasteiger partial charge is 0.335 e. The van der Waals surface area contributed by atoms with Crippen molar-refractivity contribution in [3.05, 3.63) is 11.6 Å². The Kier molecular flexibility index (Phi) is 13.3. The van der Waals surface area contributed by atoms with Crippen LogP contribution in [0.2, 0.25) is 0 Å². The van der Waals surface area contributed by atoms with Gasteiger partial charge in [-0.2, -0.15) is 0 Å². The Bertz CT molecular complexity index is 1810. The van der Waals surface area contributed by atoms with Crippen LogP contribution in [0.3, 0.4) is 0 Å². The summed E-state index contributed by atoms with van der Waals surface area (Å²) in [5, 5.41) is 96.4. The maximum absolute atomic E-state index is 13.0. The van der Waals surface area contributed by atoms with E-state index < -0.39 is 116 Å². The summed E-state index contributed by atoms with van der Waals surface area (Å²) in [5.41, 5.74) is 0.554. The second-order valence-corrected chi connectivity index (χ2v) is 23.4. The molecule has 7 fully saturated rings. The van der Waals surface area contributed by atoms with Gasteiger partial charge in [-0.3, -0.25) is 0 Å². The highest BCUT2D eigenvalue weighted by Crippen LogP contribution is 2.75. The maximum Gasteiger partial charge on any atom is 0.335 e. The molecule has 3 saturated heterocycles. The van der Waals surface area contributed by atoms with Crippen LogP contribution in [-0.2, 0) is 38.0 Å². The van der Waals surface area contributed by atoms with Gasteiger partial charge in [-0.15, -0.1) is 0 Å². The highest BCUT2D eigenvalue weighted by Gasteiger charge is 2.69. The zero-order valence-corrected chi connectivity index (χ0v) is 39.2. The summed E-state index contributed by atoms with van der Waals surface area (Å²) in [4.78, 5) is 25.9. The van der Waals surface area contributed by atoms with Crippen LogP contribution in [0.4, 0.5) is 0 Å². The largest absolute Gasteiger partial charge is 0.479 e. The van der Waals surface area contributed by atoms with Gasteiger partial charge in [0.2, 0.25) is 0 Å². The minimum Gasteiger partial charge on any atom is -0.479 e. The molecule has 17 heteroatoms. The van der Waals surface area contributed by atoms with E-state index in [1.54, 1.807) is 0 Å². The van der Waals surface area contributed by atoms with Crippen molar-refractivity contribution in [3.8, 4) is 0 Å². The number of aliphatic carboxylic acids is 1. The molecule has 0 amide bonds. The summed E-state index contributed by atoms with van der Waals surface area (Å²) in [5.74, 6) is -0.876. The molecule has 17 nitrogen and oxygen atoms in total. The van der Waals surface area contributed by atoms with Crippen LogP contribution in [0, 0.1) is 50.2 Å². The number of carbonyl (C=O) groups is 2. The van der Waals surface area contributed by atoms with E-state index in [0.717, 1.165) is 57.8 Å².